The van der Waals surface area contributed by atoms with E-state index in [0.717, 1.165) is 6.07 Å². The molecule has 0 radical (unpaired) electrons. The minimum absolute atomic E-state index is 0.00641. The summed E-state index contributed by atoms with van der Waals surface area (Å²) in [5, 5.41) is 12.6. The summed E-state index contributed by atoms with van der Waals surface area (Å²) in [5.41, 5.74) is 0.255. The molecule has 0 saturated carbocycles. The molecule has 0 fully saturated rings. The van der Waals surface area contributed by atoms with Crippen molar-refractivity contribution in [3.8, 4) is 11.8 Å². The van der Waals surface area contributed by atoms with Gasteiger partial charge in [-0.3, -0.25) is 14.6 Å². The number of aliphatic hydroxyl groups is 1. The number of nitrogens with zero attached hydrogens (tertiary/aromatic N) is 2. The number of Topliss-reactive ketones (excluding diaryl/α,β-unsaturated/α-hetero) is 1. The number of carbonyl (C=O) groups is 2. The van der Waals surface area contributed by atoms with Crippen molar-refractivity contribution in [2.45, 2.75) is 51.9 Å². The van der Waals surface area contributed by atoms with E-state index in [1.165, 1.54) is 27.0 Å². The molecule has 8 nitrogen and oxygen atoms in total. The molecular formula is C22H26F3N3O5. The largest absolute Gasteiger partial charge is 0.480 e. The van der Waals surface area contributed by atoms with Crippen LogP contribution < -0.4 is 14.8 Å². The molecule has 0 saturated heterocycles. The van der Waals surface area contributed by atoms with Crippen molar-refractivity contribution < 1.29 is 37.3 Å². The van der Waals surface area contributed by atoms with Crippen molar-refractivity contribution in [3.63, 3.8) is 0 Å². The highest BCUT2D eigenvalue weighted by molar-refractivity contribution is 5.96. The van der Waals surface area contributed by atoms with E-state index in [4.69, 9.17) is 4.74 Å². The molecule has 2 aromatic rings. The van der Waals surface area contributed by atoms with Crippen LogP contribution in [-0.4, -0.2) is 52.3 Å². The zero-order chi connectivity index (χ0) is 25.0. The fraction of sp³-hybridized carbons (Fsp3) is 0.455. The van der Waals surface area contributed by atoms with Crippen LogP contribution >= 0.6 is 0 Å². The van der Waals surface area contributed by atoms with E-state index in [2.05, 4.69) is 20.0 Å². The lowest BCUT2D eigenvalue weighted by Crippen LogP contribution is -2.33. The van der Waals surface area contributed by atoms with Crippen molar-refractivity contribution in [1.82, 2.24) is 15.3 Å². The molecule has 1 amide bonds. The number of hydrogen-bond donors (Lipinski definition) is 2. The zero-order valence-corrected chi connectivity index (χ0v) is 18.9. The molecule has 33 heavy (non-hydrogen) atoms. The third-order valence-corrected chi connectivity index (χ3v) is 4.56. The number of rotatable bonds is 9. The molecule has 0 spiro atoms. The number of carbonyl (C=O) groups excluding carboxylic acids is 2. The maximum Gasteiger partial charge on any atom is 0.422 e. The van der Waals surface area contributed by atoms with Gasteiger partial charge in [0.15, 0.2) is 12.4 Å². The van der Waals surface area contributed by atoms with Crippen LogP contribution in [0.15, 0.2) is 24.3 Å². The van der Waals surface area contributed by atoms with Crippen LogP contribution in [0.25, 0.3) is 0 Å². The average molecular weight is 469 g/mol. The molecule has 0 aliphatic rings. The van der Waals surface area contributed by atoms with E-state index >= 15 is 0 Å². The number of ether oxygens (including phenoxy) is 2. The number of methoxy groups -OCH3 is 1. The van der Waals surface area contributed by atoms with Crippen molar-refractivity contribution in [1.29, 1.82) is 0 Å². The van der Waals surface area contributed by atoms with Gasteiger partial charge in [0, 0.05) is 17.5 Å². The third-order valence-electron chi connectivity index (χ3n) is 4.56. The maximum atomic E-state index is 12.8. The molecule has 0 aliphatic carbocycles. The molecule has 0 aliphatic heterocycles. The molecular weight excluding hydrogens is 443 g/mol. The lowest BCUT2D eigenvalue weighted by atomic mass is 9.98. The van der Waals surface area contributed by atoms with E-state index in [0.29, 0.717) is 17.0 Å². The number of ketones is 1. The van der Waals surface area contributed by atoms with E-state index in [9.17, 15) is 27.9 Å². The first kappa shape index (κ1) is 26.0. The van der Waals surface area contributed by atoms with Gasteiger partial charge in [-0.1, -0.05) is 0 Å². The topological polar surface area (TPSA) is 111 Å². The van der Waals surface area contributed by atoms with Gasteiger partial charge in [-0.15, -0.1) is 0 Å². The van der Waals surface area contributed by atoms with Crippen molar-refractivity contribution >= 4 is 11.7 Å². The summed E-state index contributed by atoms with van der Waals surface area (Å²) in [6.45, 7) is 4.73. The van der Waals surface area contributed by atoms with Gasteiger partial charge < -0.3 is 19.9 Å². The summed E-state index contributed by atoms with van der Waals surface area (Å²) in [6, 6.07) is 5.29. The Hall–Kier alpha value is -3.21. The van der Waals surface area contributed by atoms with Gasteiger partial charge in [-0.05, 0) is 51.5 Å². The normalized spacial score (nSPS) is 12.8. The Bertz CT molecular complexity index is 1020. The standard InChI is InChI=1S/C22H26F3N3O5/c1-12-8-14(9-15(26-12)10-17(29)21(3,4)31)13(2)27-19(30)16-6-7-18(28-20(16)32-5)33-11-22(23,24)25/h6-9,13,31H,10-11H2,1-5H3,(H,27,30). The smallest absolute Gasteiger partial charge is 0.422 e. The molecule has 2 heterocycles. The summed E-state index contributed by atoms with van der Waals surface area (Å²) in [7, 11) is 1.23. The quantitative estimate of drug-likeness (QED) is 0.581. The SMILES string of the molecule is COc1nc(OCC(F)(F)F)ccc1C(=O)NC(C)c1cc(C)nc(CC(=O)C(C)(C)O)c1. The van der Waals surface area contributed by atoms with Gasteiger partial charge in [0.05, 0.1) is 19.6 Å². The molecule has 0 bridgehead atoms. The molecule has 2 rings (SSSR count). The summed E-state index contributed by atoms with van der Waals surface area (Å²) >= 11 is 0. The number of pyridine rings is 2. The van der Waals surface area contributed by atoms with E-state index in [1.54, 1.807) is 26.0 Å². The molecule has 2 N–H and O–H groups in total. The van der Waals surface area contributed by atoms with Gasteiger partial charge >= 0.3 is 6.18 Å². The van der Waals surface area contributed by atoms with Gasteiger partial charge in [0.2, 0.25) is 11.8 Å². The lowest BCUT2D eigenvalue weighted by molar-refractivity contribution is -0.154. The van der Waals surface area contributed by atoms with Gasteiger partial charge in [0.1, 0.15) is 11.2 Å². The fourth-order valence-corrected chi connectivity index (χ4v) is 2.83. The Morgan fingerprint density at radius 2 is 1.85 bits per heavy atom. The Balaban J connectivity index is 2.17. The summed E-state index contributed by atoms with van der Waals surface area (Å²) in [6.07, 6.45) is -4.60. The molecule has 1 unspecified atom stereocenters. The number of hydrogen-bond acceptors (Lipinski definition) is 7. The average Bonchev–Trinajstić information content (AvgIpc) is 2.70. The Morgan fingerprint density at radius 3 is 2.42 bits per heavy atom. The fourth-order valence-electron chi connectivity index (χ4n) is 2.83. The number of nitrogens with one attached hydrogen (secondary N) is 1. The van der Waals surface area contributed by atoms with Crippen molar-refractivity contribution in [3.05, 3.63) is 46.8 Å². The van der Waals surface area contributed by atoms with Crippen molar-refractivity contribution in [2.24, 2.45) is 0 Å². The highest BCUT2D eigenvalue weighted by atomic mass is 19.4. The van der Waals surface area contributed by atoms with Gasteiger partial charge in [-0.25, -0.2) is 0 Å². The van der Waals surface area contributed by atoms with Crippen LogP contribution in [0, 0.1) is 6.92 Å². The van der Waals surface area contributed by atoms with E-state index in [1.807, 2.05) is 0 Å². The molecule has 11 heteroatoms. The summed E-state index contributed by atoms with van der Waals surface area (Å²) < 4.78 is 46.6. The van der Waals surface area contributed by atoms with Crippen LogP contribution in [0.4, 0.5) is 13.2 Å². The monoisotopic (exact) mass is 469 g/mol. The predicted octanol–water partition coefficient (Wildman–Crippen LogP) is 3.11. The minimum atomic E-state index is -4.53. The number of alkyl halides is 3. The first-order valence-corrected chi connectivity index (χ1v) is 9.98. The zero-order valence-electron chi connectivity index (χ0n) is 18.9. The number of halogens is 3. The first-order valence-electron chi connectivity index (χ1n) is 9.98. The second-order valence-corrected chi connectivity index (χ2v) is 8.00. The molecule has 0 aromatic carbocycles. The van der Waals surface area contributed by atoms with Crippen molar-refractivity contribution in [2.75, 3.05) is 13.7 Å². The molecule has 1 atom stereocenters. The Kier molecular flexibility index (Phi) is 8.02. The third kappa shape index (κ3) is 7.70. The first-order chi connectivity index (χ1) is 15.2. The Labute approximate surface area is 189 Å². The van der Waals surface area contributed by atoms with Crippen LogP contribution in [-0.2, 0) is 11.2 Å². The van der Waals surface area contributed by atoms with Gasteiger partial charge in [-0.2, -0.15) is 18.2 Å². The summed E-state index contributed by atoms with van der Waals surface area (Å²) in [4.78, 5) is 33.0. The predicted molar refractivity (Wildman–Crippen MR) is 112 cm³/mol. The summed E-state index contributed by atoms with van der Waals surface area (Å²) in [5.74, 6) is -1.49. The maximum absolute atomic E-state index is 12.8. The highest BCUT2D eigenvalue weighted by Gasteiger charge is 2.29. The second kappa shape index (κ2) is 10.2. The van der Waals surface area contributed by atoms with Gasteiger partial charge in [0.25, 0.3) is 5.91 Å². The van der Waals surface area contributed by atoms with Crippen LogP contribution in [0.5, 0.6) is 11.8 Å². The molecule has 2 aromatic heterocycles. The van der Waals surface area contributed by atoms with E-state index < -0.39 is 36.1 Å². The highest BCUT2D eigenvalue weighted by Crippen LogP contribution is 2.24. The number of amides is 1. The Morgan fingerprint density at radius 1 is 1.18 bits per heavy atom. The molecule has 180 valence electrons. The van der Waals surface area contributed by atoms with Crippen LogP contribution in [0.3, 0.4) is 0 Å². The minimum Gasteiger partial charge on any atom is -0.480 e. The van der Waals surface area contributed by atoms with E-state index in [-0.39, 0.29) is 23.7 Å². The van der Waals surface area contributed by atoms with Crippen LogP contribution in [0.1, 0.15) is 54.1 Å². The number of aromatic nitrogens is 2. The second-order valence-electron chi connectivity index (χ2n) is 8.00. The lowest BCUT2D eigenvalue weighted by Gasteiger charge is -2.18. The van der Waals surface area contributed by atoms with Crippen LogP contribution in [0.2, 0.25) is 0 Å². The number of aryl methyl sites for hydroxylation is 1.